The molecular formula is C41H53N4O6PS. The molecule has 2 aromatic carbocycles. The second kappa shape index (κ2) is 23.5. The average molecular weight is 761 g/mol. The second-order valence-corrected chi connectivity index (χ2v) is 15.7. The van der Waals surface area contributed by atoms with Gasteiger partial charge in [-0.3, -0.25) is 13.9 Å². The number of thioether (sulfide) groups is 1. The fourth-order valence-corrected chi connectivity index (χ4v) is 8.13. The SMILES string of the molecule is CC/C=C\C/C=C\C/C=C\C/C=C\C/C=C\CCCC(=O)NCCCP(=O)(OC[C@@H]1OC(n2ccc(N)nc2=O)CS1)Oc1cccc2ccccc12. The van der Waals surface area contributed by atoms with Crippen molar-refractivity contribution in [3.8, 4) is 5.75 Å². The Balaban J connectivity index is 1.17. The number of carbonyl (C=O) groups is 1. The van der Waals surface area contributed by atoms with Gasteiger partial charge in [-0.15, -0.1) is 11.8 Å². The number of aromatic nitrogens is 2. The first kappa shape index (κ1) is 41.6. The predicted octanol–water partition coefficient (Wildman–Crippen LogP) is 9.28. The molecule has 4 rings (SSSR count). The predicted molar refractivity (Wildman–Crippen MR) is 218 cm³/mol. The van der Waals surface area contributed by atoms with Crippen molar-refractivity contribution in [2.45, 2.75) is 76.4 Å². The molecule has 1 fully saturated rings. The highest BCUT2D eigenvalue weighted by molar-refractivity contribution is 8.00. The van der Waals surface area contributed by atoms with Crippen molar-refractivity contribution in [1.29, 1.82) is 0 Å². The third-order valence-corrected chi connectivity index (χ3v) is 11.1. The van der Waals surface area contributed by atoms with Crippen molar-refractivity contribution in [2.75, 3.05) is 30.8 Å². The number of rotatable bonds is 23. The molecule has 53 heavy (non-hydrogen) atoms. The second-order valence-electron chi connectivity index (χ2n) is 12.4. The van der Waals surface area contributed by atoms with Gasteiger partial charge in [0.1, 0.15) is 23.2 Å². The lowest BCUT2D eigenvalue weighted by Crippen LogP contribution is -2.28. The Kier molecular flexibility index (Phi) is 18.4. The number of hydrogen-bond acceptors (Lipinski definition) is 9. The molecule has 1 aliphatic heterocycles. The maximum atomic E-state index is 14.2. The molecule has 2 heterocycles. The number of benzene rings is 2. The van der Waals surface area contributed by atoms with Crippen LogP contribution in [0.25, 0.3) is 10.8 Å². The molecule has 284 valence electrons. The first-order valence-corrected chi connectivity index (χ1v) is 21.2. The van der Waals surface area contributed by atoms with E-state index >= 15 is 0 Å². The molecule has 0 bridgehead atoms. The molecular weight excluding hydrogens is 708 g/mol. The van der Waals surface area contributed by atoms with Crippen LogP contribution >= 0.6 is 19.4 Å². The van der Waals surface area contributed by atoms with Crippen LogP contribution in [0.1, 0.15) is 70.9 Å². The zero-order valence-corrected chi connectivity index (χ0v) is 32.3. The summed E-state index contributed by atoms with van der Waals surface area (Å²) in [6.07, 6.45) is 30.0. The standard InChI is InChI=1S/C41H53N4O6PS/c1-2-3-4-5-6-7-8-9-10-11-12-13-14-15-16-17-18-27-38(46)43-29-22-31-52(48,51-36-26-21-24-34-23-19-20-25-35(34)36)49-32-40-50-39(33-53-40)45-30-28-37(42)44-41(45)47/h3-4,6-7,9-10,12-13,15-16,19-21,23-26,28,30,39-40H,2,5,8,11,14,17-18,22,27,29,31-33H2,1H3,(H,43,46)(H2,42,44,47)/b4-3-,7-6-,10-9-,13-12-,16-15-/t39?,40-,52?/m1/s1. The number of unbranched alkanes of at least 4 members (excludes halogenated alkanes) is 1. The van der Waals surface area contributed by atoms with Crippen LogP contribution in [0.3, 0.4) is 0 Å². The van der Waals surface area contributed by atoms with E-state index < -0.39 is 24.9 Å². The Morgan fingerprint density at radius 1 is 0.962 bits per heavy atom. The highest BCUT2D eigenvalue weighted by Gasteiger charge is 2.33. The van der Waals surface area contributed by atoms with Crippen molar-refractivity contribution in [1.82, 2.24) is 14.9 Å². The third-order valence-electron chi connectivity index (χ3n) is 8.15. The number of fused-ring (bicyclic) bond motifs is 1. The maximum Gasteiger partial charge on any atom is 0.379 e. The highest BCUT2D eigenvalue weighted by atomic mass is 32.2. The van der Waals surface area contributed by atoms with Gasteiger partial charge >= 0.3 is 13.3 Å². The van der Waals surface area contributed by atoms with Gasteiger partial charge in [-0.1, -0.05) is 104 Å². The molecule has 0 radical (unpaired) electrons. The summed E-state index contributed by atoms with van der Waals surface area (Å²) in [5, 5.41) is 4.71. The number of nitrogen functional groups attached to an aromatic ring is 1. The van der Waals surface area contributed by atoms with Gasteiger partial charge in [-0.05, 0) is 68.9 Å². The smallest absolute Gasteiger partial charge is 0.379 e. The average Bonchev–Trinajstić information content (AvgIpc) is 3.63. The Hall–Kier alpha value is -4.15. The third kappa shape index (κ3) is 15.4. The monoisotopic (exact) mass is 760 g/mol. The molecule has 10 nitrogen and oxygen atoms in total. The van der Waals surface area contributed by atoms with E-state index in [0.717, 1.165) is 55.7 Å². The summed E-state index contributed by atoms with van der Waals surface area (Å²) in [5.41, 5.74) is 4.64. The minimum atomic E-state index is -3.69. The van der Waals surface area contributed by atoms with E-state index in [1.165, 1.54) is 22.4 Å². The molecule has 1 aromatic heterocycles. The minimum Gasteiger partial charge on any atom is -0.424 e. The number of hydrogen-bond donors (Lipinski definition) is 2. The number of nitrogens with two attached hydrogens (primary N) is 1. The Morgan fingerprint density at radius 2 is 1.64 bits per heavy atom. The van der Waals surface area contributed by atoms with Crippen molar-refractivity contribution >= 4 is 41.9 Å². The van der Waals surface area contributed by atoms with Crippen LogP contribution < -0.4 is 21.3 Å². The first-order valence-electron chi connectivity index (χ1n) is 18.4. The molecule has 0 aliphatic carbocycles. The number of nitrogens with one attached hydrogen (secondary N) is 1. The summed E-state index contributed by atoms with van der Waals surface area (Å²) in [6.45, 7) is 2.47. The van der Waals surface area contributed by atoms with E-state index in [0.29, 0.717) is 30.9 Å². The quantitative estimate of drug-likeness (QED) is 0.0551. The molecule has 1 saturated heterocycles. The van der Waals surface area contributed by atoms with E-state index in [1.54, 1.807) is 12.3 Å². The van der Waals surface area contributed by atoms with Gasteiger partial charge < -0.3 is 20.3 Å². The molecule has 12 heteroatoms. The van der Waals surface area contributed by atoms with Crippen LogP contribution in [0, 0.1) is 0 Å². The van der Waals surface area contributed by atoms with E-state index in [1.807, 2.05) is 36.4 Å². The zero-order valence-electron chi connectivity index (χ0n) is 30.6. The van der Waals surface area contributed by atoms with Gasteiger partial charge in [-0.2, -0.15) is 4.98 Å². The summed E-state index contributed by atoms with van der Waals surface area (Å²) in [7, 11) is -3.69. The van der Waals surface area contributed by atoms with Crippen molar-refractivity contribution in [3.63, 3.8) is 0 Å². The molecule has 2 unspecified atom stereocenters. The lowest BCUT2D eigenvalue weighted by atomic mass is 10.1. The van der Waals surface area contributed by atoms with E-state index in [2.05, 4.69) is 78.0 Å². The minimum absolute atomic E-state index is 0.0114. The van der Waals surface area contributed by atoms with Crippen LogP contribution in [0.5, 0.6) is 5.75 Å². The van der Waals surface area contributed by atoms with Crippen LogP contribution in [-0.4, -0.2) is 46.0 Å². The molecule has 1 aliphatic rings. The van der Waals surface area contributed by atoms with Crippen LogP contribution in [0.2, 0.25) is 0 Å². The van der Waals surface area contributed by atoms with Gasteiger partial charge in [-0.25, -0.2) is 9.36 Å². The number of nitrogens with zero attached hydrogens (tertiary/aromatic N) is 2. The Morgan fingerprint density at radius 3 is 2.36 bits per heavy atom. The summed E-state index contributed by atoms with van der Waals surface area (Å²) >= 11 is 1.45. The van der Waals surface area contributed by atoms with Crippen molar-refractivity contribution < 1.29 is 23.1 Å². The van der Waals surface area contributed by atoms with E-state index in [4.69, 9.17) is 19.5 Å². The first-order chi connectivity index (χ1) is 25.9. The van der Waals surface area contributed by atoms with Gasteiger partial charge in [0.25, 0.3) is 0 Å². The number of carbonyl (C=O) groups excluding carboxylic acids is 1. The van der Waals surface area contributed by atoms with Crippen LogP contribution in [-0.2, 0) is 18.6 Å². The van der Waals surface area contributed by atoms with Gasteiger partial charge in [0.2, 0.25) is 5.91 Å². The number of anilines is 1. The van der Waals surface area contributed by atoms with Gasteiger partial charge in [0.15, 0.2) is 0 Å². The number of amides is 1. The molecule has 3 aromatic rings. The molecule has 3 atom stereocenters. The summed E-state index contributed by atoms with van der Waals surface area (Å²) in [6, 6.07) is 14.8. The topological polar surface area (TPSA) is 135 Å². The van der Waals surface area contributed by atoms with Crippen molar-refractivity contribution in [3.05, 3.63) is 126 Å². The van der Waals surface area contributed by atoms with Crippen LogP contribution in [0.15, 0.2) is 120 Å². The van der Waals surface area contributed by atoms with Gasteiger partial charge in [0, 0.05) is 30.3 Å². The fourth-order valence-electron chi connectivity index (χ4n) is 5.40. The molecule has 3 N–H and O–H groups in total. The van der Waals surface area contributed by atoms with Crippen molar-refractivity contribution in [2.24, 2.45) is 0 Å². The lowest BCUT2D eigenvalue weighted by Gasteiger charge is -2.22. The van der Waals surface area contributed by atoms with Gasteiger partial charge in [0.05, 0.1) is 12.8 Å². The lowest BCUT2D eigenvalue weighted by molar-refractivity contribution is -0.121. The Labute approximate surface area is 317 Å². The summed E-state index contributed by atoms with van der Waals surface area (Å²) < 4.78 is 33.8. The molecule has 0 spiro atoms. The molecule has 1 amide bonds. The largest absolute Gasteiger partial charge is 0.424 e. The zero-order chi connectivity index (χ0) is 37.6. The van der Waals surface area contributed by atoms with E-state index in [-0.39, 0.29) is 24.5 Å². The van der Waals surface area contributed by atoms with E-state index in [9.17, 15) is 14.2 Å². The highest BCUT2D eigenvalue weighted by Crippen LogP contribution is 2.51. The number of allylic oxidation sites excluding steroid dienone is 10. The molecule has 0 saturated carbocycles. The summed E-state index contributed by atoms with van der Waals surface area (Å²) in [5.74, 6) is 1.04. The fraction of sp³-hybridized carbons (Fsp3) is 0.390. The Bertz CT molecular complexity index is 1830. The normalized spacial score (nSPS) is 17.6. The number of ether oxygens (including phenoxy) is 1. The maximum absolute atomic E-state index is 14.2. The summed E-state index contributed by atoms with van der Waals surface area (Å²) in [4.78, 5) is 28.6. The van der Waals surface area contributed by atoms with Crippen LogP contribution in [0.4, 0.5) is 5.82 Å².